The Morgan fingerprint density at radius 3 is 2.75 bits per heavy atom. The maximum atomic E-state index is 14.2. The van der Waals surface area contributed by atoms with E-state index in [1.807, 2.05) is 13.8 Å². The van der Waals surface area contributed by atoms with Crippen molar-refractivity contribution in [2.45, 2.75) is 13.8 Å². The quantitative estimate of drug-likeness (QED) is 0.915. The minimum absolute atomic E-state index is 0.0984. The number of halogens is 2. The van der Waals surface area contributed by atoms with Crippen LogP contribution in [-0.2, 0) is 4.79 Å². The fourth-order valence-corrected chi connectivity index (χ4v) is 2.74. The fraction of sp³-hybridized carbons (Fsp3) is 0.333. The van der Waals surface area contributed by atoms with Gasteiger partial charge < -0.3 is 5.73 Å². The molecule has 3 nitrogen and oxygen atoms in total. The molecule has 0 spiro atoms. The van der Waals surface area contributed by atoms with Gasteiger partial charge in [-0.15, -0.1) is 0 Å². The molecule has 2 rings (SSSR count). The highest BCUT2D eigenvalue weighted by Crippen LogP contribution is 2.44. The molecule has 1 aromatic carbocycles. The van der Waals surface area contributed by atoms with Gasteiger partial charge in [-0.2, -0.15) is 0 Å². The molecule has 1 aromatic rings. The number of allylic oxidation sites excluding steroid dienone is 1. The molecule has 5 heteroatoms. The molecule has 1 unspecified atom stereocenters. The van der Waals surface area contributed by atoms with E-state index in [1.165, 1.54) is 6.07 Å². The number of nitrogens with zero attached hydrogens (tertiary/aromatic N) is 1. The first-order valence-corrected chi connectivity index (χ1v) is 6.73. The highest BCUT2D eigenvalue weighted by Gasteiger charge is 2.45. The lowest BCUT2D eigenvalue weighted by atomic mass is 9.67. The topological polar surface area (TPSA) is 55.5 Å². The number of aliphatic imine (C=N–C) groups is 1. The lowest BCUT2D eigenvalue weighted by Crippen LogP contribution is -2.46. The van der Waals surface area contributed by atoms with Gasteiger partial charge in [0.1, 0.15) is 5.82 Å². The molecule has 2 N–H and O–H groups in total. The highest BCUT2D eigenvalue weighted by molar-refractivity contribution is 6.30. The van der Waals surface area contributed by atoms with E-state index in [-0.39, 0.29) is 12.5 Å². The summed E-state index contributed by atoms with van der Waals surface area (Å²) in [5, 5.41) is 0.311. The smallest absolute Gasteiger partial charge is 0.230 e. The van der Waals surface area contributed by atoms with Gasteiger partial charge in [-0.05, 0) is 29.7 Å². The van der Waals surface area contributed by atoms with E-state index in [2.05, 4.69) is 4.99 Å². The summed E-state index contributed by atoms with van der Waals surface area (Å²) in [5.74, 6) is -1.06. The second kappa shape index (κ2) is 5.37. The molecule has 0 aromatic heterocycles. The summed E-state index contributed by atoms with van der Waals surface area (Å²) < 4.78 is 14.2. The van der Waals surface area contributed by atoms with Crippen molar-refractivity contribution in [1.29, 1.82) is 0 Å². The van der Waals surface area contributed by atoms with Crippen LogP contribution in [0.1, 0.15) is 19.4 Å². The molecule has 0 saturated carbocycles. The molecule has 1 amide bonds. The third kappa shape index (κ3) is 2.24. The number of rotatable bonds is 3. The Bertz CT molecular complexity index is 610. The number of amides is 1. The van der Waals surface area contributed by atoms with Crippen LogP contribution in [-0.4, -0.2) is 18.7 Å². The van der Waals surface area contributed by atoms with Crippen molar-refractivity contribution < 1.29 is 9.18 Å². The van der Waals surface area contributed by atoms with Crippen molar-refractivity contribution in [3.63, 3.8) is 0 Å². The Kier molecular flexibility index (Phi) is 3.95. The van der Waals surface area contributed by atoms with Crippen molar-refractivity contribution in [3.05, 3.63) is 40.7 Å². The Balaban J connectivity index is 2.64. The third-order valence-electron chi connectivity index (χ3n) is 3.81. The molecular formula is C15H16ClFN2O. The van der Waals surface area contributed by atoms with Gasteiger partial charge in [0, 0.05) is 16.8 Å². The molecule has 1 aliphatic rings. The number of carbonyl (C=O) groups is 1. The molecule has 0 fully saturated rings. The van der Waals surface area contributed by atoms with E-state index >= 15 is 0 Å². The zero-order chi connectivity index (χ0) is 14.9. The predicted octanol–water partition coefficient (Wildman–Crippen LogP) is 3.07. The van der Waals surface area contributed by atoms with E-state index in [1.54, 1.807) is 24.4 Å². The number of hydrogen-bond donors (Lipinski definition) is 1. The highest BCUT2D eigenvalue weighted by atomic mass is 35.5. The molecule has 0 radical (unpaired) electrons. The number of carbonyl (C=O) groups excluding carboxylic acids is 1. The van der Waals surface area contributed by atoms with Gasteiger partial charge in [-0.3, -0.25) is 9.79 Å². The van der Waals surface area contributed by atoms with E-state index in [4.69, 9.17) is 17.3 Å². The average Bonchev–Trinajstić information content (AvgIpc) is 2.38. The van der Waals surface area contributed by atoms with Crippen LogP contribution in [0, 0.1) is 17.2 Å². The Morgan fingerprint density at radius 1 is 1.50 bits per heavy atom. The van der Waals surface area contributed by atoms with Gasteiger partial charge in [0.25, 0.3) is 0 Å². The third-order valence-corrected chi connectivity index (χ3v) is 4.05. The van der Waals surface area contributed by atoms with Crippen LogP contribution in [0.5, 0.6) is 0 Å². The summed E-state index contributed by atoms with van der Waals surface area (Å²) >= 11 is 5.77. The maximum Gasteiger partial charge on any atom is 0.230 e. The van der Waals surface area contributed by atoms with Crippen LogP contribution in [0.15, 0.2) is 29.3 Å². The molecule has 20 heavy (non-hydrogen) atoms. The average molecular weight is 295 g/mol. The van der Waals surface area contributed by atoms with Crippen LogP contribution in [0.4, 0.5) is 4.39 Å². The monoisotopic (exact) mass is 294 g/mol. The Labute approximate surface area is 122 Å². The van der Waals surface area contributed by atoms with Gasteiger partial charge in [0.15, 0.2) is 0 Å². The van der Waals surface area contributed by atoms with E-state index in [0.717, 1.165) is 0 Å². The van der Waals surface area contributed by atoms with E-state index < -0.39 is 17.1 Å². The van der Waals surface area contributed by atoms with Crippen molar-refractivity contribution in [2.75, 3.05) is 6.54 Å². The predicted molar refractivity (Wildman–Crippen MR) is 79.2 cm³/mol. The minimum atomic E-state index is -0.997. The summed E-state index contributed by atoms with van der Waals surface area (Å²) in [6.07, 6.45) is 3.23. The van der Waals surface area contributed by atoms with Gasteiger partial charge in [0.05, 0.1) is 12.0 Å². The zero-order valence-corrected chi connectivity index (χ0v) is 12.1. The first kappa shape index (κ1) is 14.7. The number of hydrogen-bond acceptors (Lipinski definition) is 2. The van der Waals surface area contributed by atoms with Crippen LogP contribution in [0.2, 0.25) is 5.02 Å². The number of benzene rings is 1. The van der Waals surface area contributed by atoms with Crippen molar-refractivity contribution in [3.8, 4) is 0 Å². The van der Waals surface area contributed by atoms with Crippen LogP contribution in [0.3, 0.4) is 0 Å². The van der Waals surface area contributed by atoms with Gasteiger partial charge in [-0.25, -0.2) is 4.39 Å². The number of nitrogens with two attached hydrogens (primary N) is 1. The van der Waals surface area contributed by atoms with E-state index in [9.17, 15) is 9.18 Å². The van der Waals surface area contributed by atoms with Crippen LogP contribution < -0.4 is 5.73 Å². The minimum Gasteiger partial charge on any atom is -0.369 e. The van der Waals surface area contributed by atoms with Crippen molar-refractivity contribution in [1.82, 2.24) is 0 Å². The first-order chi connectivity index (χ1) is 9.39. The second-order valence-corrected chi connectivity index (χ2v) is 5.62. The summed E-state index contributed by atoms with van der Waals surface area (Å²) in [6.45, 7) is 3.99. The number of primary amides is 1. The second-order valence-electron chi connectivity index (χ2n) is 5.18. The van der Waals surface area contributed by atoms with Gasteiger partial charge >= 0.3 is 0 Å². The number of dihydropyridines is 1. The van der Waals surface area contributed by atoms with Crippen molar-refractivity contribution in [2.24, 2.45) is 22.1 Å². The summed E-state index contributed by atoms with van der Waals surface area (Å²) in [7, 11) is 0. The maximum absolute atomic E-state index is 14.2. The standard InChI is InChI=1S/C15H16ClFN2O/c1-9(2)15(14(18)20)8-19-6-5-12(15)11-4-3-10(16)7-13(11)17/h3-7,9H,8H2,1-2H3,(H2,18,20). The summed E-state index contributed by atoms with van der Waals surface area (Å²) in [5.41, 5.74) is 5.51. The SMILES string of the molecule is CC(C)C1(C(N)=O)CN=CC=C1c1ccc(Cl)cc1F. The lowest BCUT2D eigenvalue weighted by Gasteiger charge is -2.37. The molecular weight excluding hydrogens is 279 g/mol. The molecule has 1 heterocycles. The van der Waals surface area contributed by atoms with Crippen LogP contribution >= 0.6 is 11.6 Å². The zero-order valence-electron chi connectivity index (χ0n) is 11.4. The normalized spacial score (nSPS) is 21.9. The first-order valence-electron chi connectivity index (χ1n) is 6.35. The van der Waals surface area contributed by atoms with Gasteiger partial charge in [0.2, 0.25) is 5.91 Å². The molecule has 106 valence electrons. The summed E-state index contributed by atoms with van der Waals surface area (Å²) in [6, 6.07) is 4.40. The van der Waals surface area contributed by atoms with Gasteiger partial charge in [-0.1, -0.05) is 31.5 Å². The Hall–Kier alpha value is -1.68. The molecule has 0 saturated heterocycles. The fourth-order valence-electron chi connectivity index (χ4n) is 2.58. The molecule has 0 bridgehead atoms. The molecule has 1 atom stereocenters. The van der Waals surface area contributed by atoms with Crippen LogP contribution in [0.25, 0.3) is 5.57 Å². The Morgan fingerprint density at radius 2 is 2.20 bits per heavy atom. The largest absolute Gasteiger partial charge is 0.369 e. The summed E-state index contributed by atoms with van der Waals surface area (Å²) in [4.78, 5) is 16.2. The van der Waals surface area contributed by atoms with E-state index in [0.29, 0.717) is 16.2 Å². The lowest BCUT2D eigenvalue weighted by molar-refractivity contribution is -0.126. The molecule has 1 aliphatic heterocycles. The molecule has 0 aliphatic carbocycles. The van der Waals surface area contributed by atoms with Crippen molar-refractivity contribution >= 4 is 29.3 Å².